The van der Waals surface area contributed by atoms with Gasteiger partial charge in [0.05, 0.1) is 11.1 Å². The normalized spacial score (nSPS) is 17.6. The number of carbonyl (C=O) groups excluding carboxylic acids is 1. The number of nitrogens with one attached hydrogen (secondary N) is 1. The fourth-order valence-electron chi connectivity index (χ4n) is 4.04. The SMILES string of the molecule is Cc1cc(C)c2c(C(=O)N3CCNCC3)c3c(nc2c1)CCC3. The summed E-state index contributed by atoms with van der Waals surface area (Å²) in [5, 5.41) is 4.39. The van der Waals surface area contributed by atoms with Gasteiger partial charge in [0, 0.05) is 37.3 Å². The summed E-state index contributed by atoms with van der Waals surface area (Å²) in [7, 11) is 0. The predicted molar refractivity (Wildman–Crippen MR) is 92.0 cm³/mol. The van der Waals surface area contributed by atoms with E-state index in [0.717, 1.165) is 67.6 Å². The molecule has 2 aromatic rings. The van der Waals surface area contributed by atoms with Gasteiger partial charge in [-0.05, 0) is 55.9 Å². The quantitative estimate of drug-likeness (QED) is 0.880. The minimum absolute atomic E-state index is 0.198. The molecule has 0 saturated carbocycles. The van der Waals surface area contributed by atoms with Crippen molar-refractivity contribution in [2.45, 2.75) is 33.1 Å². The molecule has 1 amide bonds. The van der Waals surface area contributed by atoms with Crippen LogP contribution in [0.15, 0.2) is 12.1 Å². The van der Waals surface area contributed by atoms with Crippen LogP contribution in [-0.4, -0.2) is 42.0 Å². The summed E-state index contributed by atoms with van der Waals surface area (Å²) in [6.07, 6.45) is 3.09. The van der Waals surface area contributed by atoms with Gasteiger partial charge in [0.1, 0.15) is 0 Å². The van der Waals surface area contributed by atoms with Crippen LogP contribution in [0, 0.1) is 13.8 Å². The summed E-state index contributed by atoms with van der Waals surface area (Å²) in [5.74, 6) is 0.198. The minimum Gasteiger partial charge on any atom is -0.336 e. The Kier molecular flexibility index (Phi) is 3.57. The Balaban J connectivity index is 1.94. The molecule has 1 aliphatic heterocycles. The van der Waals surface area contributed by atoms with E-state index in [0.29, 0.717) is 0 Å². The number of amides is 1. The molecule has 4 heteroatoms. The molecule has 120 valence electrons. The Bertz CT molecular complexity index is 791. The monoisotopic (exact) mass is 309 g/mol. The first kappa shape index (κ1) is 14.6. The summed E-state index contributed by atoms with van der Waals surface area (Å²) in [5.41, 5.74) is 6.64. The lowest BCUT2D eigenvalue weighted by molar-refractivity contribution is 0.0736. The topological polar surface area (TPSA) is 45.2 Å². The maximum atomic E-state index is 13.3. The molecule has 4 nitrogen and oxygen atoms in total. The molecule has 2 heterocycles. The predicted octanol–water partition coefficient (Wildman–Crippen LogP) is 2.39. The third-order valence-corrected chi connectivity index (χ3v) is 5.07. The molecule has 0 atom stereocenters. The molecule has 1 aromatic heterocycles. The number of carbonyl (C=O) groups is 1. The lowest BCUT2D eigenvalue weighted by Gasteiger charge is -2.29. The largest absolute Gasteiger partial charge is 0.336 e. The molecule has 0 spiro atoms. The number of fused-ring (bicyclic) bond motifs is 2. The minimum atomic E-state index is 0.198. The second-order valence-electron chi connectivity index (χ2n) is 6.78. The highest BCUT2D eigenvalue weighted by Crippen LogP contribution is 2.33. The number of aryl methyl sites for hydroxylation is 3. The van der Waals surface area contributed by atoms with Gasteiger partial charge in [-0.15, -0.1) is 0 Å². The van der Waals surface area contributed by atoms with Crippen molar-refractivity contribution in [1.82, 2.24) is 15.2 Å². The molecular weight excluding hydrogens is 286 g/mol. The fraction of sp³-hybridized carbons (Fsp3) is 0.474. The van der Waals surface area contributed by atoms with Gasteiger partial charge < -0.3 is 10.2 Å². The maximum Gasteiger partial charge on any atom is 0.254 e. The summed E-state index contributed by atoms with van der Waals surface area (Å²) in [4.78, 5) is 20.2. The first-order valence-electron chi connectivity index (χ1n) is 8.58. The molecule has 1 fully saturated rings. The van der Waals surface area contributed by atoms with Crippen molar-refractivity contribution in [1.29, 1.82) is 0 Å². The molecule has 0 radical (unpaired) electrons. The van der Waals surface area contributed by atoms with Crippen molar-refractivity contribution in [3.63, 3.8) is 0 Å². The lowest BCUT2D eigenvalue weighted by atomic mass is 9.95. The summed E-state index contributed by atoms with van der Waals surface area (Å²) < 4.78 is 0. The molecule has 0 unspecified atom stereocenters. The first-order chi connectivity index (χ1) is 11.1. The number of nitrogens with zero attached hydrogens (tertiary/aromatic N) is 2. The number of hydrogen-bond donors (Lipinski definition) is 1. The second-order valence-corrected chi connectivity index (χ2v) is 6.78. The van der Waals surface area contributed by atoms with Crippen molar-refractivity contribution in [2.24, 2.45) is 0 Å². The van der Waals surface area contributed by atoms with E-state index in [-0.39, 0.29) is 5.91 Å². The lowest BCUT2D eigenvalue weighted by Crippen LogP contribution is -2.46. The fourth-order valence-corrected chi connectivity index (χ4v) is 4.04. The van der Waals surface area contributed by atoms with E-state index in [1.807, 2.05) is 4.90 Å². The molecule has 1 aromatic carbocycles. The summed E-state index contributed by atoms with van der Waals surface area (Å²) in [6, 6.07) is 4.29. The van der Waals surface area contributed by atoms with E-state index in [4.69, 9.17) is 4.98 Å². The van der Waals surface area contributed by atoms with Crippen LogP contribution in [0.4, 0.5) is 0 Å². The zero-order valence-electron chi connectivity index (χ0n) is 13.9. The Hall–Kier alpha value is -1.94. The van der Waals surface area contributed by atoms with Crippen LogP contribution in [0.1, 0.15) is 39.2 Å². The van der Waals surface area contributed by atoms with Crippen LogP contribution >= 0.6 is 0 Å². The number of benzene rings is 1. The van der Waals surface area contributed by atoms with Crippen molar-refractivity contribution in [3.05, 3.63) is 40.1 Å². The second kappa shape index (κ2) is 5.60. The molecular formula is C19H23N3O. The standard InChI is InChI=1S/C19H23N3O/c1-12-10-13(2)17-16(11-12)21-15-5-3-4-14(15)18(17)19(23)22-8-6-20-7-9-22/h10-11,20H,3-9H2,1-2H3. The maximum absolute atomic E-state index is 13.3. The Morgan fingerprint density at radius 1 is 1.17 bits per heavy atom. The number of rotatable bonds is 1. The van der Waals surface area contributed by atoms with Gasteiger partial charge in [-0.25, -0.2) is 0 Å². The van der Waals surface area contributed by atoms with Gasteiger partial charge in [0.15, 0.2) is 0 Å². The van der Waals surface area contributed by atoms with E-state index in [1.165, 1.54) is 16.7 Å². The molecule has 1 N–H and O–H groups in total. The van der Waals surface area contributed by atoms with Crippen molar-refractivity contribution in [2.75, 3.05) is 26.2 Å². The number of piperazine rings is 1. The molecule has 2 aliphatic rings. The van der Waals surface area contributed by atoms with Crippen LogP contribution in [0.2, 0.25) is 0 Å². The van der Waals surface area contributed by atoms with Crippen LogP contribution in [0.5, 0.6) is 0 Å². The molecule has 1 aliphatic carbocycles. The Morgan fingerprint density at radius 3 is 2.74 bits per heavy atom. The van der Waals surface area contributed by atoms with Crippen molar-refractivity contribution >= 4 is 16.8 Å². The van der Waals surface area contributed by atoms with E-state index in [9.17, 15) is 4.79 Å². The van der Waals surface area contributed by atoms with Gasteiger partial charge in [0.2, 0.25) is 0 Å². The van der Waals surface area contributed by atoms with E-state index >= 15 is 0 Å². The number of pyridine rings is 1. The molecule has 0 bridgehead atoms. The van der Waals surface area contributed by atoms with Crippen molar-refractivity contribution in [3.8, 4) is 0 Å². The molecule has 1 saturated heterocycles. The van der Waals surface area contributed by atoms with Crippen LogP contribution in [0.25, 0.3) is 10.9 Å². The zero-order valence-corrected chi connectivity index (χ0v) is 13.9. The van der Waals surface area contributed by atoms with E-state index in [2.05, 4.69) is 31.3 Å². The summed E-state index contributed by atoms with van der Waals surface area (Å²) >= 11 is 0. The first-order valence-corrected chi connectivity index (χ1v) is 8.58. The third kappa shape index (κ3) is 2.41. The van der Waals surface area contributed by atoms with Crippen LogP contribution in [-0.2, 0) is 12.8 Å². The average Bonchev–Trinajstić information content (AvgIpc) is 3.00. The third-order valence-electron chi connectivity index (χ3n) is 5.07. The van der Waals surface area contributed by atoms with Gasteiger partial charge in [-0.1, -0.05) is 6.07 Å². The van der Waals surface area contributed by atoms with E-state index in [1.54, 1.807) is 0 Å². The van der Waals surface area contributed by atoms with Gasteiger partial charge in [-0.2, -0.15) is 0 Å². The highest BCUT2D eigenvalue weighted by Gasteiger charge is 2.28. The van der Waals surface area contributed by atoms with Crippen molar-refractivity contribution < 1.29 is 4.79 Å². The average molecular weight is 309 g/mol. The van der Waals surface area contributed by atoms with Gasteiger partial charge in [0.25, 0.3) is 5.91 Å². The number of hydrogen-bond acceptors (Lipinski definition) is 3. The highest BCUT2D eigenvalue weighted by molar-refractivity contribution is 6.09. The molecule has 4 rings (SSSR count). The van der Waals surface area contributed by atoms with Gasteiger partial charge in [-0.3, -0.25) is 9.78 Å². The van der Waals surface area contributed by atoms with Crippen LogP contribution < -0.4 is 5.32 Å². The Morgan fingerprint density at radius 2 is 1.96 bits per heavy atom. The molecule has 23 heavy (non-hydrogen) atoms. The Labute approximate surface area is 136 Å². The zero-order chi connectivity index (χ0) is 16.0. The highest BCUT2D eigenvalue weighted by atomic mass is 16.2. The number of aromatic nitrogens is 1. The van der Waals surface area contributed by atoms with Gasteiger partial charge >= 0.3 is 0 Å². The smallest absolute Gasteiger partial charge is 0.254 e. The summed E-state index contributed by atoms with van der Waals surface area (Å²) in [6.45, 7) is 7.56. The van der Waals surface area contributed by atoms with Crippen LogP contribution in [0.3, 0.4) is 0 Å². The van der Waals surface area contributed by atoms with E-state index < -0.39 is 0 Å².